The number of benzene rings is 2. The monoisotopic (exact) mass is 242 g/mol. The zero-order chi connectivity index (χ0) is 12.5. The lowest BCUT2D eigenvalue weighted by atomic mass is 10.1. The van der Waals surface area contributed by atoms with Gasteiger partial charge in [0.05, 0.1) is 7.11 Å². The van der Waals surface area contributed by atoms with Crippen LogP contribution >= 0.6 is 0 Å². The summed E-state index contributed by atoms with van der Waals surface area (Å²) in [5, 5.41) is 0.995. The van der Waals surface area contributed by atoms with Gasteiger partial charge in [-0.25, -0.2) is 4.39 Å². The molecule has 0 aliphatic carbocycles. The Balaban J connectivity index is 2.10. The molecule has 2 aromatic carbocycles. The van der Waals surface area contributed by atoms with Gasteiger partial charge in [-0.05, 0) is 42.5 Å². The van der Waals surface area contributed by atoms with Crippen molar-refractivity contribution in [1.29, 1.82) is 0 Å². The molecular weight excluding hydrogens is 231 g/mol. The Labute approximate surface area is 104 Å². The highest BCUT2D eigenvalue weighted by molar-refractivity contribution is 5.83. The molecule has 1 aromatic heterocycles. The van der Waals surface area contributed by atoms with Crippen molar-refractivity contribution < 1.29 is 13.5 Å². The van der Waals surface area contributed by atoms with Crippen molar-refractivity contribution in [3.05, 3.63) is 54.3 Å². The van der Waals surface area contributed by atoms with E-state index in [2.05, 4.69) is 0 Å². The second kappa shape index (κ2) is 4.18. The van der Waals surface area contributed by atoms with E-state index in [1.54, 1.807) is 19.2 Å². The predicted octanol–water partition coefficient (Wildman–Crippen LogP) is 4.25. The van der Waals surface area contributed by atoms with Crippen LogP contribution in [0, 0.1) is 5.82 Å². The summed E-state index contributed by atoms with van der Waals surface area (Å²) in [4.78, 5) is 0. The molecular formula is C15H11FO2. The molecule has 0 saturated heterocycles. The Morgan fingerprint density at radius 3 is 2.50 bits per heavy atom. The third-order valence-corrected chi connectivity index (χ3v) is 2.86. The summed E-state index contributed by atoms with van der Waals surface area (Å²) in [6.07, 6.45) is 0. The first-order valence-electron chi connectivity index (χ1n) is 5.60. The van der Waals surface area contributed by atoms with E-state index < -0.39 is 0 Å². The highest BCUT2D eigenvalue weighted by atomic mass is 19.1. The fourth-order valence-electron chi connectivity index (χ4n) is 1.89. The Bertz CT molecular complexity index is 683. The summed E-state index contributed by atoms with van der Waals surface area (Å²) in [5.41, 5.74) is 1.61. The van der Waals surface area contributed by atoms with Crippen LogP contribution in [-0.4, -0.2) is 7.11 Å². The average molecular weight is 242 g/mol. The molecule has 0 fully saturated rings. The molecule has 18 heavy (non-hydrogen) atoms. The van der Waals surface area contributed by atoms with Gasteiger partial charge in [-0.3, -0.25) is 0 Å². The van der Waals surface area contributed by atoms with Gasteiger partial charge in [-0.15, -0.1) is 0 Å². The number of halogens is 1. The molecule has 90 valence electrons. The molecule has 1 heterocycles. The fourth-order valence-corrected chi connectivity index (χ4v) is 1.89. The Morgan fingerprint density at radius 2 is 1.78 bits per heavy atom. The van der Waals surface area contributed by atoms with Gasteiger partial charge in [0.15, 0.2) is 0 Å². The first kappa shape index (κ1) is 10.8. The van der Waals surface area contributed by atoms with E-state index >= 15 is 0 Å². The maximum atomic E-state index is 12.9. The number of fused-ring (bicyclic) bond motifs is 1. The summed E-state index contributed by atoms with van der Waals surface area (Å²) < 4.78 is 23.7. The molecule has 0 amide bonds. The van der Waals surface area contributed by atoms with Gasteiger partial charge < -0.3 is 9.15 Å². The van der Waals surface area contributed by atoms with Crippen molar-refractivity contribution in [1.82, 2.24) is 0 Å². The molecule has 0 aliphatic heterocycles. The second-order valence-corrected chi connectivity index (χ2v) is 4.02. The van der Waals surface area contributed by atoms with Crippen molar-refractivity contribution in [2.45, 2.75) is 0 Å². The number of rotatable bonds is 2. The minimum Gasteiger partial charge on any atom is -0.497 e. The van der Waals surface area contributed by atoms with Gasteiger partial charge in [0.1, 0.15) is 22.9 Å². The number of furan rings is 1. The van der Waals surface area contributed by atoms with Gasteiger partial charge >= 0.3 is 0 Å². The third kappa shape index (κ3) is 1.84. The van der Waals surface area contributed by atoms with Gasteiger partial charge in [0.2, 0.25) is 0 Å². The predicted molar refractivity (Wildman–Crippen MR) is 68.2 cm³/mol. The molecule has 0 aliphatic rings. The van der Waals surface area contributed by atoms with Crippen LogP contribution in [0.4, 0.5) is 4.39 Å². The smallest absolute Gasteiger partial charge is 0.138 e. The summed E-state index contributed by atoms with van der Waals surface area (Å²) in [5.74, 6) is 1.22. The van der Waals surface area contributed by atoms with E-state index in [9.17, 15) is 4.39 Å². The molecule has 0 spiro atoms. The quantitative estimate of drug-likeness (QED) is 0.670. The van der Waals surface area contributed by atoms with Gasteiger partial charge in [0.25, 0.3) is 0 Å². The maximum absolute atomic E-state index is 12.9. The van der Waals surface area contributed by atoms with Crippen LogP contribution in [0.15, 0.2) is 52.9 Å². The van der Waals surface area contributed by atoms with Gasteiger partial charge in [-0.1, -0.05) is 0 Å². The van der Waals surface area contributed by atoms with Gasteiger partial charge in [-0.2, -0.15) is 0 Å². The zero-order valence-corrected chi connectivity index (χ0v) is 9.81. The van der Waals surface area contributed by atoms with E-state index in [-0.39, 0.29) is 5.82 Å². The van der Waals surface area contributed by atoms with E-state index in [0.29, 0.717) is 0 Å². The first-order chi connectivity index (χ1) is 8.76. The summed E-state index contributed by atoms with van der Waals surface area (Å²) >= 11 is 0. The number of methoxy groups -OCH3 is 1. The van der Waals surface area contributed by atoms with Crippen LogP contribution in [-0.2, 0) is 0 Å². The van der Waals surface area contributed by atoms with E-state index in [1.807, 2.05) is 24.3 Å². The summed E-state index contributed by atoms with van der Waals surface area (Å²) in [7, 11) is 1.62. The maximum Gasteiger partial charge on any atom is 0.138 e. The fraction of sp³-hybridized carbons (Fsp3) is 0.0667. The molecule has 0 saturated carbocycles. The number of ether oxygens (including phenoxy) is 1. The minimum absolute atomic E-state index is 0.253. The minimum atomic E-state index is -0.253. The Morgan fingerprint density at radius 1 is 1.00 bits per heavy atom. The largest absolute Gasteiger partial charge is 0.497 e. The van der Waals surface area contributed by atoms with Crippen molar-refractivity contribution in [2.75, 3.05) is 7.11 Å². The third-order valence-electron chi connectivity index (χ3n) is 2.86. The topological polar surface area (TPSA) is 22.4 Å². The Kier molecular flexibility index (Phi) is 2.52. The molecule has 0 radical (unpaired) electrons. The van der Waals surface area contributed by atoms with Crippen molar-refractivity contribution >= 4 is 11.0 Å². The van der Waals surface area contributed by atoms with Crippen LogP contribution < -0.4 is 4.74 Å². The van der Waals surface area contributed by atoms with Crippen LogP contribution in [0.3, 0.4) is 0 Å². The summed E-state index contributed by atoms with van der Waals surface area (Å²) in [6, 6.07) is 13.8. The van der Waals surface area contributed by atoms with E-state index in [1.165, 1.54) is 12.1 Å². The van der Waals surface area contributed by atoms with Crippen LogP contribution in [0.1, 0.15) is 0 Å². The lowest BCUT2D eigenvalue weighted by molar-refractivity contribution is 0.414. The highest BCUT2D eigenvalue weighted by Crippen LogP contribution is 2.30. The highest BCUT2D eigenvalue weighted by Gasteiger charge is 2.07. The van der Waals surface area contributed by atoms with Crippen molar-refractivity contribution in [3.63, 3.8) is 0 Å². The van der Waals surface area contributed by atoms with Gasteiger partial charge in [0, 0.05) is 17.0 Å². The second-order valence-electron chi connectivity index (χ2n) is 4.02. The van der Waals surface area contributed by atoms with E-state index in [0.717, 1.165) is 28.0 Å². The summed E-state index contributed by atoms with van der Waals surface area (Å²) in [6.45, 7) is 0. The van der Waals surface area contributed by atoms with Crippen LogP contribution in [0.5, 0.6) is 5.75 Å². The standard InChI is InChI=1S/C15H11FO2/c1-17-13-7-4-11-8-14(18-15(11)9-13)10-2-5-12(16)6-3-10/h2-9H,1H3. The lowest BCUT2D eigenvalue weighted by Crippen LogP contribution is -1.79. The Hall–Kier alpha value is -2.29. The molecule has 0 bridgehead atoms. The van der Waals surface area contributed by atoms with Crippen LogP contribution in [0.2, 0.25) is 0 Å². The molecule has 3 heteroatoms. The molecule has 0 N–H and O–H groups in total. The van der Waals surface area contributed by atoms with Crippen LogP contribution in [0.25, 0.3) is 22.3 Å². The zero-order valence-electron chi connectivity index (χ0n) is 9.81. The molecule has 3 rings (SSSR count). The molecule has 0 atom stereocenters. The number of hydrogen-bond donors (Lipinski definition) is 0. The molecule has 0 unspecified atom stereocenters. The van der Waals surface area contributed by atoms with Crippen molar-refractivity contribution in [2.24, 2.45) is 0 Å². The normalized spacial score (nSPS) is 10.8. The number of hydrogen-bond acceptors (Lipinski definition) is 2. The molecule has 3 aromatic rings. The lowest BCUT2D eigenvalue weighted by Gasteiger charge is -1.97. The molecule has 2 nitrogen and oxygen atoms in total. The van der Waals surface area contributed by atoms with E-state index in [4.69, 9.17) is 9.15 Å². The van der Waals surface area contributed by atoms with Crippen molar-refractivity contribution in [3.8, 4) is 17.1 Å². The SMILES string of the molecule is COc1ccc2cc(-c3ccc(F)cc3)oc2c1. The average Bonchev–Trinajstić information content (AvgIpc) is 2.82. The first-order valence-corrected chi connectivity index (χ1v) is 5.60.